The van der Waals surface area contributed by atoms with Crippen molar-refractivity contribution < 1.29 is 24.2 Å². The number of hydrogen-bond acceptors (Lipinski definition) is 5. The Hall–Kier alpha value is -2.90. The van der Waals surface area contributed by atoms with Crippen LogP contribution in [0.25, 0.3) is 0 Å². The van der Waals surface area contributed by atoms with Crippen LogP contribution in [0.4, 0.5) is 4.79 Å². The van der Waals surface area contributed by atoms with Gasteiger partial charge in [-0.25, -0.2) is 4.79 Å². The summed E-state index contributed by atoms with van der Waals surface area (Å²) in [7, 11) is 0. The van der Waals surface area contributed by atoms with E-state index in [2.05, 4.69) is 0 Å². The molecule has 0 radical (unpaired) electrons. The molecule has 0 saturated carbocycles. The van der Waals surface area contributed by atoms with Gasteiger partial charge in [0.2, 0.25) is 5.91 Å². The molecule has 2 atom stereocenters. The highest BCUT2D eigenvalue weighted by Crippen LogP contribution is 2.22. The van der Waals surface area contributed by atoms with Crippen molar-refractivity contribution in [3.63, 3.8) is 0 Å². The molecule has 1 N–H and O–H groups in total. The van der Waals surface area contributed by atoms with Gasteiger partial charge in [0.05, 0.1) is 25.9 Å². The highest BCUT2D eigenvalue weighted by molar-refractivity contribution is 5.87. The molecule has 1 aliphatic rings. The monoisotopic (exact) mass is 454 g/mol. The first kappa shape index (κ1) is 24.7. The van der Waals surface area contributed by atoms with Crippen molar-refractivity contribution in [3.8, 4) is 0 Å². The Bertz CT molecular complexity index is 898. The number of ether oxygens (including phenoxy) is 2. The lowest BCUT2D eigenvalue weighted by molar-refractivity contribution is -0.147. The molecule has 0 bridgehead atoms. The number of piperazine rings is 1. The molecule has 0 spiro atoms. The smallest absolute Gasteiger partial charge is 0.411 e. The lowest BCUT2D eigenvalue weighted by Gasteiger charge is -2.43. The summed E-state index contributed by atoms with van der Waals surface area (Å²) in [5, 5.41) is 10.0. The van der Waals surface area contributed by atoms with E-state index in [1.807, 2.05) is 60.7 Å². The number of aliphatic hydroxyl groups is 1. The Balaban J connectivity index is 1.72. The average Bonchev–Trinajstić information content (AvgIpc) is 2.79. The van der Waals surface area contributed by atoms with Crippen LogP contribution in [0.3, 0.4) is 0 Å². The summed E-state index contributed by atoms with van der Waals surface area (Å²) in [6, 6.07) is 18.2. The minimum Gasteiger partial charge on any atom is -0.444 e. The van der Waals surface area contributed by atoms with Gasteiger partial charge in [-0.15, -0.1) is 0 Å². The van der Waals surface area contributed by atoms with E-state index in [4.69, 9.17) is 9.47 Å². The van der Waals surface area contributed by atoms with Crippen LogP contribution in [-0.4, -0.2) is 70.9 Å². The molecule has 3 rings (SSSR count). The molecular formula is C26H34N2O5. The number of benzene rings is 2. The first-order valence-electron chi connectivity index (χ1n) is 11.3. The van der Waals surface area contributed by atoms with Crippen LogP contribution in [0.5, 0.6) is 0 Å². The van der Waals surface area contributed by atoms with Gasteiger partial charge in [0.1, 0.15) is 11.6 Å². The second kappa shape index (κ2) is 11.3. The van der Waals surface area contributed by atoms with Crippen LogP contribution in [0.15, 0.2) is 60.7 Å². The summed E-state index contributed by atoms with van der Waals surface area (Å²) in [4.78, 5) is 29.6. The third kappa shape index (κ3) is 7.04. The van der Waals surface area contributed by atoms with Gasteiger partial charge in [0.25, 0.3) is 0 Å². The van der Waals surface area contributed by atoms with Crippen molar-refractivity contribution in [2.75, 3.05) is 26.3 Å². The number of rotatable bonds is 8. The van der Waals surface area contributed by atoms with Crippen LogP contribution in [-0.2, 0) is 27.3 Å². The van der Waals surface area contributed by atoms with Gasteiger partial charge in [-0.05, 0) is 31.9 Å². The maximum Gasteiger partial charge on any atom is 0.411 e. The van der Waals surface area contributed by atoms with Gasteiger partial charge in [0.15, 0.2) is 0 Å². The van der Waals surface area contributed by atoms with Crippen molar-refractivity contribution in [1.29, 1.82) is 0 Å². The van der Waals surface area contributed by atoms with Crippen LogP contribution in [0, 0.1) is 0 Å². The quantitative estimate of drug-likeness (QED) is 0.662. The Kier molecular flexibility index (Phi) is 8.47. The number of carbonyl (C=O) groups excluding carboxylic acids is 2. The average molecular weight is 455 g/mol. The van der Waals surface area contributed by atoms with E-state index in [0.717, 1.165) is 11.1 Å². The topological polar surface area (TPSA) is 79.3 Å². The van der Waals surface area contributed by atoms with E-state index < -0.39 is 23.8 Å². The third-order valence-electron chi connectivity index (χ3n) is 5.50. The van der Waals surface area contributed by atoms with E-state index in [1.54, 1.807) is 25.7 Å². The molecule has 2 aromatic carbocycles. The molecule has 0 aliphatic carbocycles. The third-order valence-corrected chi connectivity index (χ3v) is 5.50. The molecule has 33 heavy (non-hydrogen) atoms. The van der Waals surface area contributed by atoms with Crippen molar-refractivity contribution in [2.45, 2.75) is 51.5 Å². The maximum absolute atomic E-state index is 13.6. The van der Waals surface area contributed by atoms with Crippen molar-refractivity contribution >= 4 is 12.0 Å². The zero-order valence-corrected chi connectivity index (χ0v) is 19.6. The zero-order chi connectivity index (χ0) is 23.8. The second-order valence-electron chi connectivity index (χ2n) is 9.25. The van der Waals surface area contributed by atoms with Crippen LogP contribution >= 0.6 is 0 Å². The van der Waals surface area contributed by atoms with Crippen molar-refractivity contribution in [1.82, 2.24) is 9.80 Å². The minimum atomic E-state index is -0.709. The molecule has 2 amide bonds. The number of nitrogens with zero attached hydrogens (tertiary/aromatic N) is 2. The molecule has 0 unspecified atom stereocenters. The highest BCUT2D eigenvalue weighted by Gasteiger charge is 2.41. The van der Waals surface area contributed by atoms with E-state index in [0.29, 0.717) is 26.1 Å². The normalized spacial score (nSPS) is 17.7. The first-order valence-corrected chi connectivity index (χ1v) is 11.3. The molecule has 1 fully saturated rings. The predicted octanol–water partition coefficient (Wildman–Crippen LogP) is 3.25. The van der Waals surface area contributed by atoms with Gasteiger partial charge in [-0.3, -0.25) is 9.69 Å². The van der Waals surface area contributed by atoms with Gasteiger partial charge in [0, 0.05) is 19.5 Å². The zero-order valence-electron chi connectivity index (χ0n) is 19.6. The molecule has 1 saturated heterocycles. The van der Waals surface area contributed by atoms with Gasteiger partial charge in [-0.2, -0.15) is 0 Å². The molecular weight excluding hydrogens is 420 g/mol. The SMILES string of the molecule is CC(C)(C)OC(=O)N1CCN([C@H](CO)COCc2ccccc2)C(=O)[C@H]1Cc1ccccc1. The number of amides is 2. The maximum atomic E-state index is 13.6. The molecule has 2 aromatic rings. The highest BCUT2D eigenvalue weighted by atomic mass is 16.6. The first-order chi connectivity index (χ1) is 15.8. The van der Waals surface area contributed by atoms with Crippen LogP contribution in [0.1, 0.15) is 31.9 Å². The number of aliphatic hydroxyl groups excluding tert-OH is 1. The minimum absolute atomic E-state index is 0.210. The summed E-state index contributed by atoms with van der Waals surface area (Å²) < 4.78 is 11.4. The van der Waals surface area contributed by atoms with Crippen LogP contribution < -0.4 is 0 Å². The van der Waals surface area contributed by atoms with E-state index in [-0.39, 0.29) is 19.1 Å². The van der Waals surface area contributed by atoms with E-state index >= 15 is 0 Å². The number of carbonyl (C=O) groups is 2. The van der Waals surface area contributed by atoms with Gasteiger partial charge >= 0.3 is 6.09 Å². The fourth-order valence-corrected chi connectivity index (χ4v) is 3.87. The largest absolute Gasteiger partial charge is 0.444 e. The van der Waals surface area contributed by atoms with Gasteiger partial charge < -0.3 is 19.5 Å². The van der Waals surface area contributed by atoms with Crippen molar-refractivity contribution in [2.24, 2.45) is 0 Å². The Labute approximate surface area is 195 Å². The summed E-state index contributed by atoms with van der Waals surface area (Å²) in [5.74, 6) is -0.210. The van der Waals surface area contributed by atoms with Gasteiger partial charge in [-0.1, -0.05) is 60.7 Å². The lowest BCUT2D eigenvalue weighted by Crippen LogP contribution is -2.63. The Morgan fingerprint density at radius 3 is 2.21 bits per heavy atom. The summed E-state index contributed by atoms with van der Waals surface area (Å²) in [6.45, 7) is 6.45. The fraction of sp³-hybridized carbons (Fsp3) is 0.462. The standard InChI is InChI=1S/C26H34N2O5/c1-26(2,3)33-25(31)28-15-14-27(24(30)23(28)16-20-10-6-4-7-11-20)22(17-29)19-32-18-21-12-8-5-9-13-21/h4-13,22-23,29H,14-19H2,1-3H3/t22-,23-/m1/s1. The van der Waals surface area contributed by atoms with Crippen molar-refractivity contribution in [3.05, 3.63) is 71.8 Å². The van der Waals surface area contributed by atoms with Crippen LogP contribution in [0.2, 0.25) is 0 Å². The molecule has 1 heterocycles. The summed E-state index contributed by atoms with van der Waals surface area (Å²) >= 11 is 0. The molecule has 7 heteroatoms. The Morgan fingerprint density at radius 2 is 1.64 bits per heavy atom. The Morgan fingerprint density at radius 1 is 1.03 bits per heavy atom. The number of hydrogen-bond donors (Lipinski definition) is 1. The fourth-order valence-electron chi connectivity index (χ4n) is 3.87. The second-order valence-corrected chi connectivity index (χ2v) is 9.25. The molecule has 7 nitrogen and oxygen atoms in total. The molecule has 0 aromatic heterocycles. The van der Waals surface area contributed by atoms with E-state index in [9.17, 15) is 14.7 Å². The summed E-state index contributed by atoms with van der Waals surface area (Å²) in [5.41, 5.74) is 1.32. The molecule has 178 valence electrons. The van der Waals surface area contributed by atoms with E-state index in [1.165, 1.54) is 4.90 Å². The lowest BCUT2D eigenvalue weighted by atomic mass is 10.0. The molecule has 1 aliphatic heterocycles. The summed E-state index contributed by atoms with van der Waals surface area (Å²) in [6.07, 6.45) is -0.129. The predicted molar refractivity (Wildman–Crippen MR) is 126 cm³/mol.